The Morgan fingerprint density at radius 1 is 1.50 bits per heavy atom. The van der Waals surface area contributed by atoms with Gasteiger partial charge < -0.3 is 0 Å². The van der Waals surface area contributed by atoms with Gasteiger partial charge in [0, 0.05) is 0 Å². The van der Waals surface area contributed by atoms with Crippen molar-refractivity contribution in [3.8, 4) is 0 Å². The van der Waals surface area contributed by atoms with E-state index >= 15 is 0 Å². The highest BCUT2D eigenvalue weighted by molar-refractivity contribution is 5.10. The summed E-state index contributed by atoms with van der Waals surface area (Å²) in [5.41, 5.74) is 1.68. The molecule has 0 saturated carbocycles. The lowest BCUT2D eigenvalue weighted by molar-refractivity contribution is 0.694. The second-order valence-electron chi connectivity index (χ2n) is 3.76. The lowest BCUT2D eigenvalue weighted by atomic mass is 10.1. The summed E-state index contributed by atoms with van der Waals surface area (Å²) in [5.74, 6) is 0.843. The molecular formula is C12H20. The van der Waals surface area contributed by atoms with Crippen molar-refractivity contribution in [1.82, 2.24) is 0 Å². The Morgan fingerprint density at radius 2 is 2.33 bits per heavy atom. The van der Waals surface area contributed by atoms with E-state index in [1.165, 1.54) is 32.1 Å². The van der Waals surface area contributed by atoms with Gasteiger partial charge in [0.2, 0.25) is 0 Å². The normalized spacial score (nSPS) is 23.5. The molecule has 0 aliphatic heterocycles. The maximum Gasteiger partial charge on any atom is -0.0256 e. The van der Waals surface area contributed by atoms with E-state index in [1.807, 2.05) is 0 Å². The Morgan fingerprint density at radius 3 is 2.92 bits per heavy atom. The van der Waals surface area contributed by atoms with Crippen LogP contribution in [0.5, 0.6) is 0 Å². The predicted octanol–water partition coefficient (Wildman–Crippen LogP) is 4.09. The second kappa shape index (κ2) is 5.18. The van der Waals surface area contributed by atoms with Crippen LogP contribution >= 0.6 is 0 Å². The molecule has 0 radical (unpaired) electrons. The van der Waals surface area contributed by atoms with Gasteiger partial charge in [0.1, 0.15) is 0 Å². The number of rotatable bonds is 4. The molecule has 1 aliphatic rings. The van der Waals surface area contributed by atoms with Gasteiger partial charge in [0.25, 0.3) is 0 Å². The monoisotopic (exact) mass is 164 g/mol. The Labute approximate surface area is 76.4 Å². The maximum absolute atomic E-state index is 2.46. The van der Waals surface area contributed by atoms with Gasteiger partial charge in [-0.15, -0.1) is 0 Å². The van der Waals surface area contributed by atoms with Gasteiger partial charge >= 0.3 is 0 Å². The van der Waals surface area contributed by atoms with E-state index in [0.717, 1.165) is 5.92 Å². The van der Waals surface area contributed by atoms with Crippen molar-refractivity contribution in [3.63, 3.8) is 0 Å². The van der Waals surface area contributed by atoms with E-state index in [9.17, 15) is 0 Å². The molecule has 1 unspecified atom stereocenters. The summed E-state index contributed by atoms with van der Waals surface area (Å²) in [5, 5.41) is 0. The van der Waals surface area contributed by atoms with Gasteiger partial charge in [0.15, 0.2) is 0 Å². The molecule has 0 aromatic carbocycles. The summed E-state index contributed by atoms with van der Waals surface area (Å²) in [6, 6.07) is 0. The first-order valence-electron chi connectivity index (χ1n) is 5.17. The third kappa shape index (κ3) is 3.25. The van der Waals surface area contributed by atoms with Crippen molar-refractivity contribution < 1.29 is 0 Å². The zero-order valence-corrected chi connectivity index (χ0v) is 8.34. The van der Waals surface area contributed by atoms with E-state index in [1.54, 1.807) is 5.57 Å². The smallest absolute Gasteiger partial charge is 0.0256 e. The molecule has 1 atom stereocenters. The third-order valence-corrected chi connectivity index (χ3v) is 2.48. The minimum Gasteiger partial charge on any atom is -0.0888 e. The SMILES string of the molecule is CC/C=C/CCC1=CC(C)CC1. The van der Waals surface area contributed by atoms with Crippen molar-refractivity contribution in [2.75, 3.05) is 0 Å². The molecule has 1 aliphatic carbocycles. The zero-order chi connectivity index (χ0) is 8.81. The van der Waals surface area contributed by atoms with Crippen molar-refractivity contribution in [1.29, 1.82) is 0 Å². The van der Waals surface area contributed by atoms with Crippen LogP contribution in [-0.4, -0.2) is 0 Å². The van der Waals surface area contributed by atoms with E-state index in [4.69, 9.17) is 0 Å². The maximum atomic E-state index is 2.46. The van der Waals surface area contributed by atoms with Gasteiger partial charge in [-0.1, -0.05) is 37.6 Å². The van der Waals surface area contributed by atoms with Crippen LogP contribution in [0, 0.1) is 5.92 Å². The van der Waals surface area contributed by atoms with Crippen LogP contribution in [-0.2, 0) is 0 Å². The lowest BCUT2D eigenvalue weighted by Gasteiger charge is -1.95. The van der Waals surface area contributed by atoms with Gasteiger partial charge in [0.05, 0.1) is 0 Å². The topological polar surface area (TPSA) is 0 Å². The minimum atomic E-state index is 0.843. The molecule has 0 heteroatoms. The standard InChI is InChI=1S/C12H20/c1-3-4-5-6-7-12-9-8-11(2)10-12/h4-5,10-11H,3,6-9H2,1-2H3/b5-4+. The number of allylic oxidation sites excluding steroid dienone is 4. The van der Waals surface area contributed by atoms with E-state index in [2.05, 4.69) is 32.1 Å². The fourth-order valence-corrected chi connectivity index (χ4v) is 1.74. The second-order valence-corrected chi connectivity index (χ2v) is 3.76. The van der Waals surface area contributed by atoms with Gasteiger partial charge in [-0.25, -0.2) is 0 Å². The molecule has 0 amide bonds. The summed E-state index contributed by atoms with van der Waals surface area (Å²) in [4.78, 5) is 0. The first kappa shape index (κ1) is 9.57. The summed E-state index contributed by atoms with van der Waals surface area (Å²) >= 11 is 0. The Hall–Kier alpha value is -0.520. The Bertz CT molecular complexity index is 174. The summed E-state index contributed by atoms with van der Waals surface area (Å²) in [6.45, 7) is 4.50. The van der Waals surface area contributed by atoms with E-state index in [-0.39, 0.29) is 0 Å². The first-order chi connectivity index (χ1) is 5.83. The molecule has 0 saturated heterocycles. The Kier molecular flexibility index (Phi) is 4.13. The highest BCUT2D eigenvalue weighted by Gasteiger charge is 2.09. The number of hydrogen-bond donors (Lipinski definition) is 0. The molecular weight excluding hydrogens is 144 g/mol. The quantitative estimate of drug-likeness (QED) is 0.549. The highest BCUT2D eigenvalue weighted by atomic mass is 14.1. The first-order valence-corrected chi connectivity index (χ1v) is 5.17. The minimum absolute atomic E-state index is 0.843. The van der Waals surface area contributed by atoms with E-state index < -0.39 is 0 Å². The van der Waals surface area contributed by atoms with Crippen LogP contribution in [0.15, 0.2) is 23.8 Å². The Balaban J connectivity index is 2.15. The van der Waals surface area contributed by atoms with Crippen molar-refractivity contribution >= 4 is 0 Å². The van der Waals surface area contributed by atoms with Gasteiger partial charge in [-0.05, 0) is 38.0 Å². The van der Waals surface area contributed by atoms with Crippen molar-refractivity contribution in [3.05, 3.63) is 23.8 Å². The molecule has 0 aromatic heterocycles. The third-order valence-electron chi connectivity index (χ3n) is 2.48. The molecule has 12 heavy (non-hydrogen) atoms. The largest absolute Gasteiger partial charge is 0.0888 e. The van der Waals surface area contributed by atoms with E-state index in [0.29, 0.717) is 0 Å². The predicted molar refractivity (Wildman–Crippen MR) is 55.1 cm³/mol. The molecule has 0 spiro atoms. The molecule has 0 fully saturated rings. The molecule has 0 bridgehead atoms. The van der Waals surface area contributed by atoms with Crippen molar-refractivity contribution in [2.45, 2.75) is 46.0 Å². The number of hydrogen-bond acceptors (Lipinski definition) is 0. The van der Waals surface area contributed by atoms with Crippen LogP contribution in [0.4, 0.5) is 0 Å². The molecule has 68 valence electrons. The van der Waals surface area contributed by atoms with Crippen LogP contribution in [0.3, 0.4) is 0 Å². The summed E-state index contributed by atoms with van der Waals surface area (Å²) in [6.07, 6.45) is 13.5. The molecule has 0 heterocycles. The molecule has 0 N–H and O–H groups in total. The van der Waals surface area contributed by atoms with Gasteiger partial charge in [-0.2, -0.15) is 0 Å². The summed E-state index contributed by atoms with van der Waals surface area (Å²) in [7, 11) is 0. The fraction of sp³-hybridized carbons (Fsp3) is 0.667. The van der Waals surface area contributed by atoms with Crippen LogP contribution in [0.2, 0.25) is 0 Å². The fourth-order valence-electron chi connectivity index (χ4n) is 1.74. The van der Waals surface area contributed by atoms with Crippen molar-refractivity contribution in [2.24, 2.45) is 5.92 Å². The van der Waals surface area contributed by atoms with Crippen LogP contribution in [0.25, 0.3) is 0 Å². The average molecular weight is 164 g/mol. The van der Waals surface area contributed by atoms with Gasteiger partial charge in [-0.3, -0.25) is 0 Å². The molecule has 0 aromatic rings. The van der Waals surface area contributed by atoms with Crippen LogP contribution < -0.4 is 0 Å². The van der Waals surface area contributed by atoms with Crippen LogP contribution in [0.1, 0.15) is 46.0 Å². The molecule has 1 rings (SSSR count). The average Bonchev–Trinajstić information content (AvgIpc) is 2.45. The summed E-state index contributed by atoms with van der Waals surface area (Å²) < 4.78 is 0. The lowest BCUT2D eigenvalue weighted by Crippen LogP contribution is -1.77. The molecule has 0 nitrogen and oxygen atoms in total. The zero-order valence-electron chi connectivity index (χ0n) is 8.34. The highest BCUT2D eigenvalue weighted by Crippen LogP contribution is 2.26.